The zero-order valence-corrected chi connectivity index (χ0v) is 42.1. The van der Waals surface area contributed by atoms with Crippen molar-refractivity contribution in [2.24, 2.45) is 17.6 Å². The highest BCUT2D eigenvalue weighted by Crippen LogP contribution is 2.47. The highest BCUT2D eigenvalue weighted by Gasteiger charge is 2.37. The number of alkyl halides is 1. The molecule has 0 radical (unpaired) electrons. The van der Waals surface area contributed by atoms with Crippen molar-refractivity contribution in [3.8, 4) is 5.75 Å². The molecule has 0 saturated carbocycles. The van der Waals surface area contributed by atoms with Gasteiger partial charge in [0.15, 0.2) is 5.78 Å². The van der Waals surface area contributed by atoms with E-state index in [9.17, 15) is 33.6 Å². The van der Waals surface area contributed by atoms with E-state index in [-0.39, 0.29) is 67.6 Å². The number of ketones is 2. The second kappa shape index (κ2) is 22.1. The Morgan fingerprint density at radius 2 is 1.56 bits per heavy atom. The van der Waals surface area contributed by atoms with E-state index < -0.39 is 30.2 Å². The number of carbonyl (C=O) groups is 7. The second-order valence-electron chi connectivity index (χ2n) is 19.2. The topological polar surface area (TPSA) is 217 Å². The van der Waals surface area contributed by atoms with E-state index >= 15 is 0 Å². The van der Waals surface area contributed by atoms with Crippen molar-refractivity contribution in [2.75, 3.05) is 68.0 Å². The number of benzene rings is 4. The van der Waals surface area contributed by atoms with Gasteiger partial charge in [-0.1, -0.05) is 78.3 Å². The monoisotopic (exact) mass is 1030 g/mol. The first-order chi connectivity index (χ1) is 34.1. The Morgan fingerprint density at radius 1 is 0.845 bits per heavy atom. The minimum atomic E-state index is -0.843. The van der Waals surface area contributed by atoms with Crippen LogP contribution in [-0.4, -0.2) is 121 Å². The summed E-state index contributed by atoms with van der Waals surface area (Å²) in [6, 6.07) is 20.8. The molecule has 17 nitrogen and oxygen atoms in total. The molecule has 3 aliphatic heterocycles. The Balaban J connectivity index is 0.922. The van der Waals surface area contributed by atoms with E-state index in [1.165, 1.54) is 6.92 Å². The Hall–Kier alpha value is -6.79. The molecule has 4 aromatic carbocycles. The minimum Gasteiger partial charge on any atom is -0.444 e. The fraction of sp³-hybridized carbons (Fsp3) is 0.415. The molecule has 0 aliphatic carbocycles. The molecule has 0 unspecified atom stereocenters. The molecule has 0 spiro atoms. The lowest BCUT2D eigenvalue weighted by molar-refractivity contribution is -0.133. The first-order valence-corrected chi connectivity index (χ1v) is 25.3. The summed E-state index contributed by atoms with van der Waals surface area (Å²) in [4.78, 5) is 102. The standard InChI is InChI=1S/C53H61BrN8O9/c1-31(2)39(24-32(3)63)49(65)58-42(10-7-18-56-51(55)67)46(64)25-33-11-13-34(14-12-33)30-70-53(69)61-19-17-36-40-26-43(57-41(40)15-16-44(36)61)50(66)62-29-35(28-54)48-38-9-6-5-8-37(38)47(27-45(48)62)71-52(68)60-22-20-59(4)21-23-60/h5-6,8-9,11-16,26-27,31,35,39,42,57H,7,10,17-25,28-30H2,1-4H3,(H,58,65)(H3,55,56,67)/t35-,39+,42+/m1/s1. The second-order valence-corrected chi connectivity index (χ2v) is 19.8. The highest BCUT2D eigenvalue weighted by molar-refractivity contribution is 9.09. The number of carbonyl (C=O) groups excluding carboxylic acids is 7. The van der Waals surface area contributed by atoms with Crippen LogP contribution in [0.4, 0.5) is 25.8 Å². The number of anilines is 2. The van der Waals surface area contributed by atoms with Crippen molar-refractivity contribution in [1.82, 2.24) is 25.4 Å². The van der Waals surface area contributed by atoms with Gasteiger partial charge in [0.1, 0.15) is 23.8 Å². The van der Waals surface area contributed by atoms with Gasteiger partial charge in [0, 0.05) is 98.2 Å². The molecule has 1 aromatic heterocycles. The molecule has 3 atom stereocenters. The van der Waals surface area contributed by atoms with Gasteiger partial charge in [0.25, 0.3) is 5.91 Å². The van der Waals surface area contributed by atoms with E-state index in [4.69, 9.17) is 15.2 Å². The van der Waals surface area contributed by atoms with Crippen molar-refractivity contribution in [2.45, 2.75) is 71.4 Å². The molecule has 71 heavy (non-hydrogen) atoms. The first kappa shape index (κ1) is 50.6. The average molecular weight is 1030 g/mol. The van der Waals surface area contributed by atoms with E-state index in [0.717, 1.165) is 45.9 Å². The third kappa shape index (κ3) is 11.4. The molecule has 8 rings (SSSR count). The van der Waals surface area contributed by atoms with Gasteiger partial charge < -0.3 is 50.3 Å². The summed E-state index contributed by atoms with van der Waals surface area (Å²) in [7, 11) is 2.03. The van der Waals surface area contributed by atoms with E-state index in [2.05, 4.69) is 36.4 Å². The van der Waals surface area contributed by atoms with Gasteiger partial charge in [0.05, 0.1) is 17.4 Å². The van der Waals surface area contributed by atoms with Crippen molar-refractivity contribution in [3.05, 3.63) is 101 Å². The number of fused-ring (bicyclic) bond motifs is 6. The first-order valence-electron chi connectivity index (χ1n) is 24.2. The van der Waals surface area contributed by atoms with Crippen molar-refractivity contribution in [1.29, 1.82) is 0 Å². The van der Waals surface area contributed by atoms with Crippen LogP contribution < -0.4 is 30.9 Å². The van der Waals surface area contributed by atoms with Crippen LogP contribution in [0, 0.1) is 11.8 Å². The number of hydrogen-bond acceptors (Lipinski definition) is 10. The summed E-state index contributed by atoms with van der Waals surface area (Å²) >= 11 is 3.70. The summed E-state index contributed by atoms with van der Waals surface area (Å²) in [5.41, 5.74) is 11.1. The summed E-state index contributed by atoms with van der Waals surface area (Å²) in [6.45, 7) is 8.84. The van der Waals surface area contributed by atoms with E-state index in [0.29, 0.717) is 78.3 Å². The Labute approximate surface area is 420 Å². The number of aromatic nitrogens is 1. The number of Topliss-reactive ketones (excluding diaryl/α,β-unsaturated/α-hetero) is 2. The molecule has 1 fully saturated rings. The maximum absolute atomic E-state index is 14.6. The van der Waals surface area contributed by atoms with Crippen molar-refractivity contribution in [3.63, 3.8) is 0 Å². The van der Waals surface area contributed by atoms with Gasteiger partial charge >= 0.3 is 18.2 Å². The fourth-order valence-electron chi connectivity index (χ4n) is 9.88. The zero-order valence-electron chi connectivity index (χ0n) is 40.6. The lowest BCUT2D eigenvalue weighted by atomic mass is 9.89. The maximum atomic E-state index is 14.6. The maximum Gasteiger partial charge on any atom is 0.415 e. The number of H-pyrrole nitrogens is 1. The van der Waals surface area contributed by atoms with Gasteiger partial charge in [-0.2, -0.15) is 0 Å². The fourth-order valence-corrected chi connectivity index (χ4v) is 10.4. The summed E-state index contributed by atoms with van der Waals surface area (Å²) < 4.78 is 11.9. The molecule has 5 N–H and O–H groups in total. The van der Waals surface area contributed by atoms with Crippen LogP contribution in [-0.2, 0) is 38.6 Å². The SMILES string of the molecule is CC(=O)C[C@H](C(=O)N[C@@H](CCCNC(N)=O)C(=O)Cc1ccc(COC(=O)N2CCc3c2ccc2[nH]c(C(=O)N4C[C@@H](CBr)c5c4cc(OC(=O)N4CCN(C)CC4)c4ccccc54)cc32)cc1)C(C)C. The molecule has 18 heteroatoms. The molecule has 3 aliphatic rings. The number of nitrogens with two attached hydrogens (primary N) is 1. The van der Waals surface area contributed by atoms with Crippen LogP contribution in [0.1, 0.15) is 78.7 Å². The number of rotatable bonds is 17. The van der Waals surface area contributed by atoms with Gasteiger partial charge in [-0.3, -0.25) is 19.3 Å². The lowest BCUT2D eigenvalue weighted by Crippen LogP contribution is -2.48. The summed E-state index contributed by atoms with van der Waals surface area (Å²) in [6.07, 6.45) is 0.372. The van der Waals surface area contributed by atoms with Gasteiger partial charge in [-0.15, -0.1) is 0 Å². The number of hydrogen-bond donors (Lipinski definition) is 4. The third-order valence-corrected chi connectivity index (χ3v) is 14.6. The lowest BCUT2D eigenvalue weighted by Gasteiger charge is -2.31. The molecule has 0 bridgehead atoms. The molecular weight excluding hydrogens is 973 g/mol. The molecule has 374 valence electrons. The van der Waals surface area contributed by atoms with Crippen LogP contribution in [0.2, 0.25) is 0 Å². The molecule has 4 heterocycles. The van der Waals surface area contributed by atoms with Gasteiger partial charge in [0.2, 0.25) is 5.91 Å². The average Bonchev–Trinajstić information content (AvgIpc) is 4.09. The predicted octanol–water partition coefficient (Wildman–Crippen LogP) is 7.20. The minimum absolute atomic E-state index is 0.00553. The third-order valence-electron chi connectivity index (χ3n) is 13.8. The predicted molar refractivity (Wildman–Crippen MR) is 274 cm³/mol. The molecule has 5 aromatic rings. The number of nitrogens with one attached hydrogen (secondary N) is 3. The number of ether oxygens (including phenoxy) is 2. The van der Waals surface area contributed by atoms with Gasteiger partial charge in [-0.25, -0.2) is 14.4 Å². The normalized spacial score (nSPS) is 16.4. The van der Waals surface area contributed by atoms with Crippen molar-refractivity contribution < 1.29 is 43.0 Å². The number of likely N-dealkylation sites (N-methyl/N-ethyl adjacent to an activating group) is 1. The smallest absolute Gasteiger partial charge is 0.415 e. The number of primary amides is 1. The van der Waals surface area contributed by atoms with Crippen LogP contribution in [0.15, 0.2) is 72.8 Å². The Kier molecular flexibility index (Phi) is 15.7. The highest BCUT2D eigenvalue weighted by atomic mass is 79.9. The molecular formula is C53H61BrN8O9. The number of urea groups is 1. The number of piperazine rings is 1. The number of aromatic amines is 1. The van der Waals surface area contributed by atoms with E-state index in [1.54, 1.807) is 39.0 Å². The summed E-state index contributed by atoms with van der Waals surface area (Å²) in [5.74, 6) is -1.24. The number of amides is 6. The quantitative estimate of drug-likeness (QED) is 0.0543. The number of nitrogens with zero attached hydrogens (tertiary/aromatic N) is 4. The van der Waals surface area contributed by atoms with Crippen LogP contribution in [0.5, 0.6) is 5.75 Å². The van der Waals surface area contributed by atoms with Crippen LogP contribution in [0.25, 0.3) is 21.7 Å². The molecule has 6 amide bonds. The van der Waals surface area contributed by atoms with Crippen LogP contribution in [0.3, 0.4) is 0 Å². The molecule has 1 saturated heterocycles. The number of halogens is 1. The summed E-state index contributed by atoms with van der Waals surface area (Å²) in [5, 5.41) is 8.57. The van der Waals surface area contributed by atoms with Crippen LogP contribution >= 0.6 is 15.9 Å². The largest absolute Gasteiger partial charge is 0.444 e. The Bertz CT molecular complexity index is 2860. The zero-order chi connectivity index (χ0) is 50.5. The van der Waals surface area contributed by atoms with Crippen molar-refractivity contribution >= 4 is 90.6 Å². The Morgan fingerprint density at radius 3 is 2.25 bits per heavy atom. The van der Waals surface area contributed by atoms with E-state index in [1.807, 2.05) is 69.4 Å². The van der Waals surface area contributed by atoms with Gasteiger partial charge in [-0.05, 0) is 85.0 Å².